The summed E-state index contributed by atoms with van der Waals surface area (Å²) in [6.07, 6.45) is 3.16. The minimum atomic E-state index is -0.0117. The van der Waals surface area contributed by atoms with Crippen molar-refractivity contribution < 1.29 is 9.53 Å². The average Bonchev–Trinajstić information content (AvgIpc) is 2.34. The van der Waals surface area contributed by atoms with Crippen molar-refractivity contribution in [2.45, 2.75) is 0 Å². The molecular weight excluding hydrogens is 252 g/mol. The van der Waals surface area contributed by atoms with E-state index in [0.29, 0.717) is 10.8 Å². The molecule has 0 atom stereocenters. The summed E-state index contributed by atoms with van der Waals surface area (Å²) < 4.78 is 5.25. The number of carbonyl (C=O) groups excluding carboxylic acids is 1. The monoisotopic (exact) mass is 270 g/mol. The zero-order valence-electron chi connectivity index (χ0n) is 10.7. The van der Waals surface area contributed by atoms with Crippen molar-refractivity contribution in [3.8, 4) is 0 Å². The molecule has 5 heteroatoms. The molecule has 1 aliphatic heterocycles. The van der Waals surface area contributed by atoms with Crippen LogP contribution in [0, 0.1) is 0 Å². The number of allylic oxidation sites excluding steroid dienone is 3. The van der Waals surface area contributed by atoms with Crippen LogP contribution in [0.4, 0.5) is 0 Å². The van der Waals surface area contributed by atoms with Crippen LogP contribution >= 0.6 is 11.6 Å². The third-order valence-corrected chi connectivity index (χ3v) is 2.81. The fraction of sp³-hybridized carbons (Fsp3) is 0.462. The van der Waals surface area contributed by atoms with Crippen LogP contribution in [0.1, 0.15) is 0 Å². The lowest BCUT2D eigenvalue weighted by Crippen LogP contribution is -2.48. The molecule has 0 N–H and O–H groups in total. The number of rotatable bonds is 5. The number of carbonyl (C=O) groups is 1. The number of piperazine rings is 1. The molecule has 0 unspecified atom stereocenters. The standard InChI is InChI=1S/C13H19ClN2O2/c1-11(14)4-5-12(2)18-10-13(17)16-8-6-15(3)7-9-16/h4-5H,1-2,6-10H2,3H3/b5-4-. The Morgan fingerprint density at radius 3 is 2.44 bits per heavy atom. The van der Waals surface area contributed by atoms with E-state index in [-0.39, 0.29) is 12.5 Å². The highest BCUT2D eigenvalue weighted by Gasteiger charge is 2.18. The van der Waals surface area contributed by atoms with E-state index in [1.807, 2.05) is 7.05 Å². The van der Waals surface area contributed by atoms with Gasteiger partial charge in [0.05, 0.1) is 0 Å². The molecule has 0 aliphatic carbocycles. The summed E-state index contributed by atoms with van der Waals surface area (Å²) >= 11 is 5.56. The zero-order chi connectivity index (χ0) is 13.5. The number of halogens is 1. The van der Waals surface area contributed by atoms with E-state index in [2.05, 4.69) is 18.1 Å². The van der Waals surface area contributed by atoms with Crippen LogP contribution in [0.2, 0.25) is 0 Å². The number of amides is 1. The van der Waals surface area contributed by atoms with E-state index in [1.165, 1.54) is 0 Å². The quantitative estimate of drug-likeness (QED) is 0.562. The van der Waals surface area contributed by atoms with Gasteiger partial charge in [0.25, 0.3) is 5.91 Å². The maximum Gasteiger partial charge on any atom is 0.260 e. The van der Waals surface area contributed by atoms with E-state index >= 15 is 0 Å². The third kappa shape index (κ3) is 5.38. The third-order valence-electron chi connectivity index (χ3n) is 2.69. The van der Waals surface area contributed by atoms with Gasteiger partial charge in [-0.25, -0.2) is 0 Å². The summed E-state index contributed by atoms with van der Waals surface area (Å²) in [4.78, 5) is 15.8. The van der Waals surface area contributed by atoms with Crippen molar-refractivity contribution in [1.82, 2.24) is 9.80 Å². The summed E-state index contributed by atoms with van der Waals surface area (Å²) in [5.41, 5.74) is 0. The lowest BCUT2D eigenvalue weighted by Gasteiger charge is -2.32. The van der Waals surface area contributed by atoms with Crippen LogP contribution in [0.25, 0.3) is 0 Å². The predicted molar refractivity (Wildman–Crippen MR) is 73.3 cm³/mol. The van der Waals surface area contributed by atoms with Gasteiger partial charge in [0, 0.05) is 31.2 Å². The van der Waals surface area contributed by atoms with E-state index in [1.54, 1.807) is 17.1 Å². The summed E-state index contributed by atoms with van der Waals surface area (Å²) in [5, 5.41) is 0.394. The minimum absolute atomic E-state index is 0.0117. The molecule has 0 radical (unpaired) electrons. The molecule has 1 saturated heterocycles. The van der Waals surface area contributed by atoms with Crippen LogP contribution in [0.3, 0.4) is 0 Å². The molecule has 1 heterocycles. The maximum atomic E-state index is 11.8. The first-order chi connectivity index (χ1) is 8.49. The van der Waals surface area contributed by atoms with Gasteiger partial charge in [-0.3, -0.25) is 4.79 Å². The predicted octanol–water partition coefficient (Wildman–Crippen LogP) is 1.60. The van der Waals surface area contributed by atoms with Crippen molar-refractivity contribution >= 4 is 17.5 Å². The second-order valence-corrected chi connectivity index (χ2v) is 4.70. The largest absolute Gasteiger partial charge is 0.484 e. The average molecular weight is 271 g/mol. The van der Waals surface area contributed by atoms with Gasteiger partial charge in [-0.15, -0.1) is 0 Å². The Kier molecular flexibility index (Phi) is 5.95. The molecule has 4 nitrogen and oxygen atoms in total. The Morgan fingerprint density at radius 2 is 1.89 bits per heavy atom. The molecule has 1 fully saturated rings. The Labute approximate surface area is 113 Å². The lowest BCUT2D eigenvalue weighted by molar-refractivity contribution is -0.136. The molecule has 0 spiro atoms. The number of hydrogen-bond donors (Lipinski definition) is 0. The van der Waals surface area contributed by atoms with Gasteiger partial charge < -0.3 is 14.5 Å². The number of ether oxygens (including phenoxy) is 1. The van der Waals surface area contributed by atoms with Gasteiger partial charge in [0.2, 0.25) is 0 Å². The van der Waals surface area contributed by atoms with E-state index in [4.69, 9.17) is 16.3 Å². The van der Waals surface area contributed by atoms with Crippen LogP contribution in [-0.4, -0.2) is 55.5 Å². The van der Waals surface area contributed by atoms with E-state index < -0.39 is 0 Å². The van der Waals surface area contributed by atoms with Crippen molar-refractivity contribution in [2.75, 3.05) is 39.8 Å². The minimum Gasteiger partial charge on any atom is -0.484 e. The Morgan fingerprint density at radius 1 is 1.28 bits per heavy atom. The summed E-state index contributed by atoms with van der Waals surface area (Å²) in [6.45, 7) is 10.5. The van der Waals surface area contributed by atoms with E-state index in [0.717, 1.165) is 26.2 Å². The highest BCUT2D eigenvalue weighted by molar-refractivity contribution is 6.30. The maximum absolute atomic E-state index is 11.8. The zero-order valence-corrected chi connectivity index (χ0v) is 11.4. The van der Waals surface area contributed by atoms with Crippen molar-refractivity contribution in [2.24, 2.45) is 0 Å². The van der Waals surface area contributed by atoms with Gasteiger partial charge >= 0.3 is 0 Å². The van der Waals surface area contributed by atoms with Crippen LogP contribution in [0.15, 0.2) is 36.1 Å². The molecule has 0 aromatic carbocycles. The fourth-order valence-corrected chi connectivity index (χ4v) is 1.60. The molecule has 0 aromatic rings. The molecule has 0 saturated carbocycles. The molecule has 100 valence electrons. The smallest absolute Gasteiger partial charge is 0.260 e. The Hall–Kier alpha value is -1.26. The van der Waals surface area contributed by atoms with Gasteiger partial charge in [0.1, 0.15) is 5.76 Å². The molecule has 0 aromatic heterocycles. The first kappa shape index (κ1) is 14.8. The lowest BCUT2D eigenvalue weighted by atomic mass is 10.3. The highest BCUT2D eigenvalue weighted by atomic mass is 35.5. The topological polar surface area (TPSA) is 32.8 Å². The summed E-state index contributed by atoms with van der Waals surface area (Å²) in [6, 6.07) is 0. The van der Waals surface area contributed by atoms with Gasteiger partial charge in [-0.2, -0.15) is 0 Å². The first-order valence-electron chi connectivity index (χ1n) is 5.79. The van der Waals surface area contributed by atoms with E-state index in [9.17, 15) is 4.79 Å². The van der Waals surface area contributed by atoms with Crippen molar-refractivity contribution in [3.05, 3.63) is 36.1 Å². The van der Waals surface area contributed by atoms with Crippen molar-refractivity contribution in [3.63, 3.8) is 0 Å². The number of likely N-dealkylation sites (N-methyl/N-ethyl adjacent to an activating group) is 1. The second-order valence-electron chi connectivity index (χ2n) is 4.22. The van der Waals surface area contributed by atoms with Crippen LogP contribution in [-0.2, 0) is 9.53 Å². The van der Waals surface area contributed by atoms with Gasteiger partial charge in [-0.05, 0) is 19.2 Å². The summed E-state index contributed by atoms with van der Waals surface area (Å²) in [7, 11) is 2.05. The fourth-order valence-electron chi connectivity index (χ4n) is 1.53. The first-order valence-corrected chi connectivity index (χ1v) is 6.17. The summed E-state index contributed by atoms with van der Waals surface area (Å²) in [5.74, 6) is 0.390. The van der Waals surface area contributed by atoms with Crippen LogP contribution < -0.4 is 0 Å². The molecular formula is C13H19ClN2O2. The Balaban J connectivity index is 2.28. The molecule has 1 aliphatic rings. The van der Waals surface area contributed by atoms with Gasteiger partial charge in [-0.1, -0.05) is 24.8 Å². The normalized spacial score (nSPS) is 16.9. The second kappa shape index (κ2) is 7.24. The molecule has 1 amide bonds. The number of nitrogens with zero attached hydrogens (tertiary/aromatic N) is 2. The van der Waals surface area contributed by atoms with Crippen LogP contribution in [0.5, 0.6) is 0 Å². The van der Waals surface area contributed by atoms with Gasteiger partial charge in [0.15, 0.2) is 6.61 Å². The SMILES string of the molecule is C=C(Cl)/C=C\C(=C)OCC(=O)N1CCN(C)CC1. The Bertz CT molecular complexity index is 358. The number of hydrogen-bond acceptors (Lipinski definition) is 3. The highest BCUT2D eigenvalue weighted by Crippen LogP contribution is 2.05. The molecule has 18 heavy (non-hydrogen) atoms. The van der Waals surface area contributed by atoms with Crippen molar-refractivity contribution in [1.29, 1.82) is 0 Å². The molecule has 1 rings (SSSR count). The molecule has 0 bridgehead atoms.